The van der Waals surface area contributed by atoms with E-state index in [0.717, 1.165) is 43.5 Å². The topological polar surface area (TPSA) is 30.0 Å². The van der Waals surface area contributed by atoms with Crippen LogP contribution in [-0.4, -0.2) is 4.98 Å². The van der Waals surface area contributed by atoms with Crippen LogP contribution < -0.4 is 15.9 Å². The summed E-state index contributed by atoms with van der Waals surface area (Å²) >= 11 is 1.83. The number of nitrogens with zero attached hydrogens (tertiary/aromatic N) is 1. The molecule has 0 saturated heterocycles. The quantitative estimate of drug-likeness (QED) is 0.158. The second-order valence-corrected chi connectivity index (χ2v) is 14.1. The van der Waals surface area contributed by atoms with Gasteiger partial charge < -0.3 is 4.57 Å². The minimum Gasteiger partial charge on any atom is -0.309 e. The Morgan fingerprint density at radius 3 is 1.80 bits per heavy atom. The van der Waals surface area contributed by atoms with Gasteiger partial charge in [0.25, 0.3) is 0 Å². The maximum absolute atomic E-state index is 15.2. The molecule has 2 heterocycles. The van der Waals surface area contributed by atoms with Crippen molar-refractivity contribution in [1.82, 2.24) is 4.98 Å². The van der Waals surface area contributed by atoms with E-state index in [1.165, 1.54) is 25.6 Å². The summed E-state index contributed by atoms with van der Waals surface area (Å²) in [6, 6.07) is 49.4. The van der Waals surface area contributed by atoms with Gasteiger partial charge in [0.2, 0.25) is 0 Å². The Balaban J connectivity index is 1.49. The SMILES string of the molecule is O=P(c1ccccc1)(c1ccccc1)c1ccc2c(c1)nc(-c1ccccc1)c1ccc3c4ccccc4sc3c12. The number of aromatic nitrogens is 1. The highest BCUT2D eigenvalue weighted by Gasteiger charge is 2.30. The van der Waals surface area contributed by atoms with Gasteiger partial charge in [-0.15, -0.1) is 11.3 Å². The van der Waals surface area contributed by atoms with Crippen molar-refractivity contribution in [2.24, 2.45) is 0 Å². The molecular weight excluding hydrogens is 537 g/mol. The molecule has 0 amide bonds. The molecule has 6 aromatic carbocycles. The van der Waals surface area contributed by atoms with E-state index in [4.69, 9.17) is 4.98 Å². The van der Waals surface area contributed by atoms with Crippen molar-refractivity contribution in [2.75, 3.05) is 0 Å². The maximum Gasteiger partial charge on any atom is 0.171 e. The Bertz CT molecular complexity index is 2230. The normalized spacial score (nSPS) is 12.0. The molecule has 0 fully saturated rings. The van der Waals surface area contributed by atoms with Crippen molar-refractivity contribution in [1.29, 1.82) is 0 Å². The average Bonchev–Trinajstić information content (AvgIpc) is 3.44. The molecule has 0 saturated carbocycles. The molecule has 0 atom stereocenters. The van der Waals surface area contributed by atoms with Crippen LogP contribution in [0.5, 0.6) is 0 Å². The minimum absolute atomic E-state index is 0.789. The van der Waals surface area contributed by atoms with E-state index in [2.05, 4.69) is 78.9 Å². The van der Waals surface area contributed by atoms with Gasteiger partial charge in [-0.05, 0) is 12.1 Å². The number of pyridine rings is 1. The van der Waals surface area contributed by atoms with Gasteiger partial charge in [-0.2, -0.15) is 0 Å². The smallest absolute Gasteiger partial charge is 0.171 e. The summed E-state index contributed by atoms with van der Waals surface area (Å²) in [4.78, 5) is 5.28. The van der Waals surface area contributed by atoms with Crippen LogP contribution >= 0.6 is 18.5 Å². The van der Waals surface area contributed by atoms with Crippen LogP contribution in [0.4, 0.5) is 0 Å². The molecule has 0 aliphatic heterocycles. The first-order valence-corrected chi connectivity index (χ1v) is 16.2. The molecule has 4 heteroatoms. The molecule has 0 unspecified atom stereocenters. The van der Waals surface area contributed by atoms with E-state index in [9.17, 15) is 0 Å². The molecule has 0 aliphatic rings. The lowest BCUT2D eigenvalue weighted by atomic mass is 9.98. The molecule has 41 heavy (non-hydrogen) atoms. The second-order valence-electron chi connectivity index (χ2n) is 10.3. The van der Waals surface area contributed by atoms with Crippen LogP contribution in [0, 0.1) is 0 Å². The summed E-state index contributed by atoms with van der Waals surface area (Å²) in [5.74, 6) is 0. The lowest BCUT2D eigenvalue weighted by Crippen LogP contribution is -2.25. The van der Waals surface area contributed by atoms with Gasteiger partial charge in [0, 0.05) is 57.8 Å². The number of hydrogen-bond donors (Lipinski definition) is 0. The van der Waals surface area contributed by atoms with Gasteiger partial charge in [0.1, 0.15) is 0 Å². The molecule has 0 radical (unpaired) electrons. The van der Waals surface area contributed by atoms with Crippen molar-refractivity contribution in [2.45, 2.75) is 0 Å². The highest BCUT2D eigenvalue weighted by atomic mass is 32.1. The van der Waals surface area contributed by atoms with E-state index in [1.807, 2.05) is 78.1 Å². The molecular formula is C37H24NOPS. The van der Waals surface area contributed by atoms with Crippen molar-refractivity contribution in [3.8, 4) is 11.3 Å². The standard InChI is InChI=1S/C37H24NOPS/c39-40(26-14-6-2-7-15-26,27-16-8-3-9-17-27)28-20-21-31-33(24-28)38-36(25-12-4-1-5-13-25)32-23-22-30-29-18-10-11-19-34(29)41-37(30)35(31)32/h1-24H. The number of hydrogen-bond acceptors (Lipinski definition) is 3. The molecule has 194 valence electrons. The lowest BCUT2D eigenvalue weighted by molar-refractivity contribution is 0.592. The fourth-order valence-corrected chi connectivity index (χ4v) is 9.92. The molecule has 0 aliphatic carbocycles. The number of rotatable bonds is 4. The maximum atomic E-state index is 15.2. The van der Waals surface area contributed by atoms with Crippen molar-refractivity contribution < 1.29 is 4.57 Å². The van der Waals surface area contributed by atoms with Crippen LogP contribution in [0.25, 0.3) is 53.1 Å². The number of thiophene rings is 1. The van der Waals surface area contributed by atoms with Crippen molar-refractivity contribution in [3.05, 3.63) is 146 Å². The van der Waals surface area contributed by atoms with E-state index in [-0.39, 0.29) is 0 Å². The number of benzene rings is 6. The largest absolute Gasteiger partial charge is 0.309 e. The fourth-order valence-electron chi connectivity index (χ4n) is 5.99. The zero-order chi connectivity index (χ0) is 27.4. The Hall–Kier alpha value is -4.56. The Morgan fingerprint density at radius 1 is 0.512 bits per heavy atom. The summed E-state index contributed by atoms with van der Waals surface area (Å²) in [6.45, 7) is 0. The van der Waals surface area contributed by atoms with Gasteiger partial charge in [-0.25, -0.2) is 4.98 Å². The van der Waals surface area contributed by atoms with Gasteiger partial charge >= 0.3 is 0 Å². The zero-order valence-electron chi connectivity index (χ0n) is 22.1. The first-order valence-electron chi connectivity index (χ1n) is 13.7. The predicted molar refractivity (Wildman–Crippen MR) is 177 cm³/mol. The molecule has 8 aromatic rings. The second kappa shape index (κ2) is 9.52. The van der Waals surface area contributed by atoms with E-state index in [1.54, 1.807) is 0 Å². The van der Waals surface area contributed by atoms with E-state index < -0.39 is 7.14 Å². The molecule has 0 N–H and O–H groups in total. The number of fused-ring (bicyclic) bond motifs is 7. The molecule has 8 rings (SSSR count). The third kappa shape index (κ3) is 3.78. The first kappa shape index (κ1) is 24.3. The van der Waals surface area contributed by atoms with Crippen LogP contribution in [0.3, 0.4) is 0 Å². The Morgan fingerprint density at radius 2 is 1.10 bits per heavy atom. The van der Waals surface area contributed by atoms with Gasteiger partial charge in [-0.3, -0.25) is 0 Å². The van der Waals surface area contributed by atoms with E-state index in [0.29, 0.717) is 0 Å². The summed E-state index contributed by atoms with van der Waals surface area (Å²) in [5, 5.41) is 8.37. The summed E-state index contributed by atoms with van der Waals surface area (Å²) in [6.07, 6.45) is 0. The van der Waals surface area contributed by atoms with Crippen LogP contribution in [-0.2, 0) is 4.57 Å². The summed E-state index contributed by atoms with van der Waals surface area (Å²) in [5.41, 5.74) is 2.87. The summed E-state index contributed by atoms with van der Waals surface area (Å²) < 4.78 is 17.7. The first-order chi connectivity index (χ1) is 20.2. The molecule has 2 aromatic heterocycles. The predicted octanol–water partition coefficient (Wildman–Crippen LogP) is 9.06. The van der Waals surface area contributed by atoms with Gasteiger partial charge in [-0.1, -0.05) is 133 Å². The third-order valence-corrected chi connectivity index (χ3v) is 12.2. The minimum atomic E-state index is -3.14. The average molecular weight is 562 g/mol. The highest BCUT2D eigenvalue weighted by Crippen LogP contribution is 2.46. The fraction of sp³-hybridized carbons (Fsp3) is 0. The lowest BCUT2D eigenvalue weighted by Gasteiger charge is -2.21. The molecule has 0 spiro atoms. The Kier molecular flexibility index (Phi) is 5.63. The van der Waals surface area contributed by atoms with Crippen molar-refractivity contribution >= 4 is 76.2 Å². The van der Waals surface area contributed by atoms with Gasteiger partial charge in [0.15, 0.2) is 7.14 Å². The molecule has 0 bridgehead atoms. The third-order valence-electron chi connectivity index (χ3n) is 7.94. The highest BCUT2D eigenvalue weighted by molar-refractivity contribution is 7.85. The van der Waals surface area contributed by atoms with Crippen molar-refractivity contribution in [3.63, 3.8) is 0 Å². The zero-order valence-corrected chi connectivity index (χ0v) is 23.8. The van der Waals surface area contributed by atoms with Crippen LogP contribution in [0.1, 0.15) is 0 Å². The van der Waals surface area contributed by atoms with Gasteiger partial charge in [0.05, 0.1) is 11.2 Å². The molecule has 2 nitrogen and oxygen atoms in total. The van der Waals surface area contributed by atoms with Crippen LogP contribution in [0.2, 0.25) is 0 Å². The van der Waals surface area contributed by atoms with Crippen LogP contribution in [0.15, 0.2) is 146 Å². The summed E-state index contributed by atoms with van der Waals surface area (Å²) in [7, 11) is -3.14. The monoisotopic (exact) mass is 561 g/mol. The Labute approximate surface area is 241 Å². The van der Waals surface area contributed by atoms with E-state index >= 15 is 4.57 Å².